The Labute approximate surface area is 103 Å². The lowest BCUT2D eigenvalue weighted by atomic mass is 10.0. The summed E-state index contributed by atoms with van der Waals surface area (Å²) >= 11 is 0. The first-order valence-electron chi connectivity index (χ1n) is 6.04. The Morgan fingerprint density at radius 2 is 2.00 bits per heavy atom. The highest BCUT2D eigenvalue weighted by Crippen LogP contribution is 2.17. The molecule has 0 aliphatic heterocycles. The van der Waals surface area contributed by atoms with Gasteiger partial charge < -0.3 is 10.4 Å². The van der Waals surface area contributed by atoms with Crippen molar-refractivity contribution < 1.29 is 9.90 Å². The molecule has 17 heavy (non-hydrogen) atoms. The molecule has 1 rings (SSSR count). The summed E-state index contributed by atoms with van der Waals surface area (Å²) in [4.78, 5) is 11.3. The largest absolute Gasteiger partial charge is 0.480 e. The lowest BCUT2D eigenvalue weighted by Crippen LogP contribution is -2.30. The Morgan fingerprint density at radius 1 is 1.35 bits per heavy atom. The SMILES string of the molecule is Cc1ccccc1C(NCCC(C)C)C(=O)O. The lowest BCUT2D eigenvalue weighted by Gasteiger charge is -2.17. The number of rotatable bonds is 6. The van der Waals surface area contributed by atoms with E-state index in [1.54, 1.807) is 0 Å². The average molecular weight is 235 g/mol. The Bertz CT molecular complexity index is 374. The highest BCUT2D eigenvalue weighted by molar-refractivity contribution is 5.76. The van der Waals surface area contributed by atoms with Gasteiger partial charge >= 0.3 is 5.97 Å². The number of carboxylic acids is 1. The minimum Gasteiger partial charge on any atom is -0.480 e. The maximum atomic E-state index is 11.3. The molecule has 94 valence electrons. The van der Waals surface area contributed by atoms with Crippen molar-refractivity contribution in [1.29, 1.82) is 0 Å². The fourth-order valence-electron chi connectivity index (χ4n) is 1.76. The van der Waals surface area contributed by atoms with Gasteiger partial charge in [-0.25, -0.2) is 0 Å². The van der Waals surface area contributed by atoms with Crippen molar-refractivity contribution in [2.45, 2.75) is 33.2 Å². The molecule has 0 spiro atoms. The van der Waals surface area contributed by atoms with Crippen LogP contribution in [0.1, 0.15) is 37.4 Å². The van der Waals surface area contributed by atoms with E-state index in [9.17, 15) is 9.90 Å². The molecule has 0 radical (unpaired) electrons. The first kappa shape index (κ1) is 13.7. The lowest BCUT2D eigenvalue weighted by molar-refractivity contribution is -0.139. The van der Waals surface area contributed by atoms with E-state index in [0.29, 0.717) is 5.92 Å². The van der Waals surface area contributed by atoms with E-state index in [2.05, 4.69) is 19.2 Å². The van der Waals surface area contributed by atoms with Gasteiger partial charge in [0.1, 0.15) is 6.04 Å². The zero-order valence-electron chi connectivity index (χ0n) is 10.7. The fourth-order valence-corrected chi connectivity index (χ4v) is 1.76. The molecule has 0 aromatic heterocycles. The summed E-state index contributed by atoms with van der Waals surface area (Å²) in [6, 6.07) is 7.01. The maximum Gasteiger partial charge on any atom is 0.325 e. The topological polar surface area (TPSA) is 49.3 Å². The van der Waals surface area contributed by atoms with Gasteiger partial charge in [-0.2, -0.15) is 0 Å². The fraction of sp³-hybridized carbons (Fsp3) is 0.500. The molecule has 1 aromatic rings. The maximum absolute atomic E-state index is 11.3. The van der Waals surface area contributed by atoms with Crippen LogP contribution in [-0.2, 0) is 4.79 Å². The smallest absolute Gasteiger partial charge is 0.325 e. The number of aliphatic carboxylic acids is 1. The molecule has 0 bridgehead atoms. The molecule has 0 amide bonds. The van der Waals surface area contributed by atoms with Crippen LogP contribution in [0.2, 0.25) is 0 Å². The molecule has 1 atom stereocenters. The van der Waals surface area contributed by atoms with Crippen molar-refractivity contribution in [2.24, 2.45) is 5.92 Å². The zero-order chi connectivity index (χ0) is 12.8. The summed E-state index contributed by atoms with van der Waals surface area (Å²) in [6.07, 6.45) is 0.982. The van der Waals surface area contributed by atoms with E-state index in [0.717, 1.165) is 24.1 Å². The monoisotopic (exact) mass is 235 g/mol. The van der Waals surface area contributed by atoms with E-state index in [1.165, 1.54) is 0 Å². The van der Waals surface area contributed by atoms with E-state index >= 15 is 0 Å². The standard InChI is InChI=1S/C14H21NO2/c1-10(2)8-9-15-13(14(16)17)12-7-5-4-6-11(12)3/h4-7,10,13,15H,8-9H2,1-3H3,(H,16,17). The highest BCUT2D eigenvalue weighted by Gasteiger charge is 2.20. The molecule has 0 fully saturated rings. The Morgan fingerprint density at radius 3 is 2.53 bits per heavy atom. The van der Waals surface area contributed by atoms with E-state index in [4.69, 9.17) is 0 Å². The van der Waals surface area contributed by atoms with Crippen LogP contribution < -0.4 is 5.32 Å². The molecule has 0 aliphatic rings. The van der Waals surface area contributed by atoms with Crippen LogP contribution in [0.15, 0.2) is 24.3 Å². The molecule has 0 saturated carbocycles. The molecular formula is C14H21NO2. The third-order valence-electron chi connectivity index (χ3n) is 2.82. The van der Waals surface area contributed by atoms with Crippen molar-refractivity contribution in [3.8, 4) is 0 Å². The number of hydrogen-bond donors (Lipinski definition) is 2. The number of carboxylic acid groups (broad SMARTS) is 1. The van der Waals surface area contributed by atoms with Crippen LogP contribution in [0.4, 0.5) is 0 Å². The number of aryl methyl sites for hydroxylation is 1. The van der Waals surface area contributed by atoms with Gasteiger partial charge in [0.15, 0.2) is 0 Å². The molecule has 2 N–H and O–H groups in total. The second-order valence-corrected chi connectivity index (χ2v) is 4.76. The quantitative estimate of drug-likeness (QED) is 0.797. The van der Waals surface area contributed by atoms with Gasteiger partial charge in [-0.05, 0) is 36.9 Å². The predicted molar refractivity (Wildman–Crippen MR) is 69.0 cm³/mol. The average Bonchev–Trinajstić information content (AvgIpc) is 2.25. The summed E-state index contributed by atoms with van der Waals surface area (Å²) in [5.41, 5.74) is 1.86. The van der Waals surface area contributed by atoms with Gasteiger partial charge in [0.2, 0.25) is 0 Å². The summed E-state index contributed by atoms with van der Waals surface area (Å²) in [5, 5.41) is 12.4. The van der Waals surface area contributed by atoms with Crippen molar-refractivity contribution >= 4 is 5.97 Å². The van der Waals surface area contributed by atoms with Gasteiger partial charge in [0.05, 0.1) is 0 Å². The Hall–Kier alpha value is -1.35. The van der Waals surface area contributed by atoms with Crippen LogP contribution >= 0.6 is 0 Å². The van der Waals surface area contributed by atoms with Crippen molar-refractivity contribution in [3.05, 3.63) is 35.4 Å². The van der Waals surface area contributed by atoms with Gasteiger partial charge in [-0.1, -0.05) is 38.1 Å². The van der Waals surface area contributed by atoms with Crippen LogP contribution in [0.5, 0.6) is 0 Å². The summed E-state index contributed by atoms with van der Waals surface area (Å²) in [7, 11) is 0. The summed E-state index contributed by atoms with van der Waals surface area (Å²) in [6.45, 7) is 6.93. The number of carbonyl (C=O) groups is 1. The highest BCUT2D eigenvalue weighted by atomic mass is 16.4. The zero-order valence-corrected chi connectivity index (χ0v) is 10.7. The summed E-state index contributed by atoms with van der Waals surface area (Å²) in [5.74, 6) is -0.239. The normalized spacial score (nSPS) is 12.7. The minimum absolute atomic E-state index is 0.578. The molecular weight excluding hydrogens is 214 g/mol. The van der Waals surface area contributed by atoms with Gasteiger partial charge in [0, 0.05) is 0 Å². The molecule has 0 saturated heterocycles. The molecule has 3 heteroatoms. The van der Waals surface area contributed by atoms with Gasteiger partial charge in [0.25, 0.3) is 0 Å². The minimum atomic E-state index is -0.817. The van der Waals surface area contributed by atoms with Crippen LogP contribution in [0.3, 0.4) is 0 Å². The van der Waals surface area contributed by atoms with Crippen molar-refractivity contribution in [2.75, 3.05) is 6.54 Å². The molecule has 1 unspecified atom stereocenters. The Kier molecular flexibility index (Phi) is 5.16. The van der Waals surface area contributed by atoms with E-state index in [1.807, 2.05) is 31.2 Å². The van der Waals surface area contributed by atoms with Crippen LogP contribution in [-0.4, -0.2) is 17.6 Å². The van der Waals surface area contributed by atoms with Crippen LogP contribution in [0, 0.1) is 12.8 Å². The molecule has 0 heterocycles. The molecule has 0 aliphatic carbocycles. The third-order valence-corrected chi connectivity index (χ3v) is 2.82. The second-order valence-electron chi connectivity index (χ2n) is 4.76. The first-order valence-corrected chi connectivity index (χ1v) is 6.04. The van der Waals surface area contributed by atoms with Gasteiger partial charge in [-0.15, -0.1) is 0 Å². The van der Waals surface area contributed by atoms with Crippen molar-refractivity contribution in [3.63, 3.8) is 0 Å². The number of nitrogens with one attached hydrogen (secondary N) is 1. The van der Waals surface area contributed by atoms with Crippen molar-refractivity contribution in [1.82, 2.24) is 5.32 Å². The Balaban J connectivity index is 2.73. The first-order chi connectivity index (χ1) is 8.02. The van der Waals surface area contributed by atoms with E-state index in [-0.39, 0.29) is 0 Å². The third kappa shape index (κ3) is 4.19. The van der Waals surface area contributed by atoms with Gasteiger partial charge in [-0.3, -0.25) is 4.79 Å². The predicted octanol–water partition coefficient (Wildman–Crippen LogP) is 2.76. The second kappa shape index (κ2) is 6.40. The number of benzene rings is 1. The number of hydrogen-bond acceptors (Lipinski definition) is 2. The molecule has 1 aromatic carbocycles. The van der Waals surface area contributed by atoms with E-state index < -0.39 is 12.0 Å². The molecule has 3 nitrogen and oxygen atoms in total. The van der Waals surface area contributed by atoms with Crippen LogP contribution in [0.25, 0.3) is 0 Å². The summed E-state index contributed by atoms with van der Waals surface area (Å²) < 4.78 is 0.